The number of benzene rings is 2. The number of aromatic nitrogens is 2. The molecule has 3 rings (SSSR count). The lowest BCUT2D eigenvalue weighted by Gasteiger charge is -2.10. The van der Waals surface area contributed by atoms with Gasteiger partial charge >= 0.3 is 6.18 Å². The number of hydrogen-bond acceptors (Lipinski definition) is 4. The number of nitrogens with two attached hydrogens (primary N) is 2. The Bertz CT molecular complexity index is 906. The smallest absolute Gasteiger partial charge is 0.397 e. The molecule has 0 saturated carbocycles. The molecule has 4 nitrogen and oxygen atoms in total. The van der Waals surface area contributed by atoms with Gasteiger partial charge in [-0.2, -0.15) is 13.2 Å². The first-order chi connectivity index (χ1) is 10.8. The van der Waals surface area contributed by atoms with E-state index in [2.05, 4.69) is 9.97 Å². The van der Waals surface area contributed by atoms with Crippen LogP contribution in [0.1, 0.15) is 5.56 Å². The third-order valence-corrected chi connectivity index (χ3v) is 3.32. The maximum absolute atomic E-state index is 14.0. The highest BCUT2D eigenvalue weighted by atomic mass is 19.4. The Labute approximate surface area is 127 Å². The first kappa shape index (κ1) is 15.0. The molecule has 8 heteroatoms. The first-order valence-electron chi connectivity index (χ1n) is 6.46. The second-order valence-corrected chi connectivity index (χ2v) is 4.87. The molecule has 0 spiro atoms. The van der Waals surface area contributed by atoms with Crippen molar-refractivity contribution in [2.45, 2.75) is 6.18 Å². The predicted molar refractivity (Wildman–Crippen MR) is 78.8 cm³/mol. The lowest BCUT2D eigenvalue weighted by molar-refractivity contribution is -0.137. The van der Waals surface area contributed by atoms with Crippen LogP contribution in [0.3, 0.4) is 0 Å². The van der Waals surface area contributed by atoms with E-state index < -0.39 is 17.6 Å². The van der Waals surface area contributed by atoms with Crippen LogP contribution in [0.2, 0.25) is 0 Å². The molecule has 0 bridgehead atoms. The van der Waals surface area contributed by atoms with Gasteiger partial charge in [0, 0.05) is 5.39 Å². The van der Waals surface area contributed by atoms with Crippen molar-refractivity contribution in [2.24, 2.45) is 0 Å². The Morgan fingerprint density at radius 3 is 2.35 bits per heavy atom. The minimum Gasteiger partial charge on any atom is -0.397 e. The number of rotatable bonds is 1. The van der Waals surface area contributed by atoms with Crippen LogP contribution in [0.5, 0.6) is 0 Å². The van der Waals surface area contributed by atoms with E-state index in [0.29, 0.717) is 22.7 Å². The summed E-state index contributed by atoms with van der Waals surface area (Å²) in [7, 11) is 0. The molecule has 4 N–H and O–H groups in total. The van der Waals surface area contributed by atoms with E-state index in [0.717, 1.165) is 12.1 Å². The molecule has 0 unspecified atom stereocenters. The van der Waals surface area contributed by atoms with Gasteiger partial charge in [-0.25, -0.2) is 14.4 Å². The molecule has 1 heterocycles. The van der Waals surface area contributed by atoms with Gasteiger partial charge in [-0.3, -0.25) is 0 Å². The molecule has 0 radical (unpaired) electrons. The molecule has 1 aromatic heterocycles. The number of halogens is 4. The van der Waals surface area contributed by atoms with E-state index in [1.807, 2.05) is 0 Å². The fourth-order valence-electron chi connectivity index (χ4n) is 2.19. The first-order valence-corrected chi connectivity index (χ1v) is 6.46. The van der Waals surface area contributed by atoms with E-state index in [9.17, 15) is 17.6 Å². The highest BCUT2D eigenvalue weighted by Gasteiger charge is 2.31. The highest BCUT2D eigenvalue weighted by molar-refractivity contribution is 5.96. The van der Waals surface area contributed by atoms with Crippen LogP contribution < -0.4 is 11.5 Å². The molecule has 0 atom stereocenters. The van der Waals surface area contributed by atoms with Crippen molar-refractivity contribution in [2.75, 3.05) is 11.5 Å². The number of nitrogens with zero attached hydrogens (tertiary/aromatic N) is 2. The van der Waals surface area contributed by atoms with Crippen LogP contribution >= 0.6 is 0 Å². The van der Waals surface area contributed by atoms with Crippen molar-refractivity contribution < 1.29 is 17.6 Å². The average Bonchev–Trinajstić information content (AvgIpc) is 2.47. The summed E-state index contributed by atoms with van der Waals surface area (Å²) in [6.45, 7) is 0. The molecule has 0 amide bonds. The van der Waals surface area contributed by atoms with Crippen LogP contribution in [0.4, 0.5) is 29.1 Å². The SMILES string of the molecule is Nc1nc(-c2ccc(C(F)(F)F)cc2F)nc2c(N)cccc12. The number of para-hydroxylation sites is 1. The molecule has 118 valence electrons. The summed E-state index contributed by atoms with van der Waals surface area (Å²) >= 11 is 0. The van der Waals surface area contributed by atoms with Gasteiger partial charge in [0.15, 0.2) is 5.82 Å². The Kier molecular flexibility index (Phi) is 3.32. The zero-order valence-electron chi connectivity index (χ0n) is 11.5. The molecule has 0 aliphatic carbocycles. The number of anilines is 2. The summed E-state index contributed by atoms with van der Waals surface area (Å²) < 4.78 is 51.8. The van der Waals surface area contributed by atoms with E-state index in [4.69, 9.17) is 11.5 Å². The Hall–Kier alpha value is -2.90. The summed E-state index contributed by atoms with van der Waals surface area (Å²) in [5.74, 6) is -1.15. The van der Waals surface area contributed by atoms with Crippen LogP contribution in [0.25, 0.3) is 22.3 Å². The largest absolute Gasteiger partial charge is 0.416 e. The summed E-state index contributed by atoms with van der Waals surface area (Å²) in [6.07, 6.45) is -4.63. The summed E-state index contributed by atoms with van der Waals surface area (Å²) in [5, 5.41) is 0.487. The molecule has 23 heavy (non-hydrogen) atoms. The zero-order chi connectivity index (χ0) is 16.8. The minimum absolute atomic E-state index is 0.0663. The van der Waals surface area contributed by atoms with Gasteiger partial charge in [0.2, 0.25) is 0 Å². The fourth-order valence-corrected chi connectivity index (χ4v) is 2.19. The third kappa shape index (κ3) is 2.63. The second-order valence-electron chi connectivity index (χ2n) is 4.87. The molecule has 2 aromatic carbocycles. The predicted octanol–water partition coefficient (Wildman–Crippen LogP) is 3.62. The monoisotopic (exact) mass is 322 g/mol. The molecule has 0 saturated heterocycles. The Morgan fingerprint density at radius 2 is 1.70 bits per heavy atom. The molecule has 0 fully saturated rings. The fraction of sp³-hybridized carbons (Fsp3) is 0.0667. The van der Waals surface area contributed by atoms with Gasteiger partial charge in [-0.1, -0.05) is 6.07 Å². The summed E-state index contributed by atoms with van der Waals surface area (Å²) in [5.41, 5.74) is 11.0. The van der Waals surface area contributed by atoms with Crippen molar-refractivity contribution in [3.63, 3.8) is 0 Å². The highest BCUT2D eigenvalue weighted by Crippen LogP contribution is 2.33. The molecule has 3 aromatic rings. The van der Waals surface area contributed by atoms with Crippen LogP contribution in [-0.4, -0.2) is 9.97 Å². The van der Waals surface area contributed by atoms with E-state index in [-0.39, 0.29) is 17.2 Å². The zero-order valence-corrected chi connectivity index (χ0v) is 11.5. The van der Waals surface area contributed by atoms with Crippen LogP contribution in [0, 0.1) is 5.82 Å². The normalized spacial score (nSPS) is 11.8. The van der Waals surface area contributed by atoms with Crippen LogP contribution in [0.15, 0.2) is 36.4 Å². The number of alkyl halides is 3. The van der Waals surface area contributed by atoms with E-state index in [1.54, 1.807) is 18.2 Å². The molecular weight excluding hydrogens is 312 g/mol. The molecule has 0 aliphatic rings. The van der Waals surface area contributed by atoms with E-state index >= 15 is 0 Å². The van der Waals surface area contributed by atoms with Gasteiger partial charge in [0.25, 0.3) is 0 Å². The summed E-state index contributed by atoms with van der Waals surface area (Å²) in [4.78, 5) is 8.08. The second kappa shape index (κ2) is 5.08. The summed E-state index contributed by atoms with van der Waals surface area (Å²) in [6, 6.07) is 7.02. The van der Waals surface area contributed by atoms with Crippen LogP contribution in [-0.2, 0) is 6.18 Å². The van der Waals surface area contributed by atoms with Gasteiger partial charge in [0.1, 0.15) is 11.6 Å². The van der Waals surface area contributed by atoms with Gasteiger partial charge in [-0.15, -0.1) is 0 Å². The average molecular weight is 322 g/mol. The number of fused-ring (bicyclic) bond motifs is 1. The van der Waals surface area contributed by atoms with Crippen molar-refractivity contribution in [1.29, 1.82) is 0 Å². The quantitative estimate of drug-likeness (QED) is 0.530. The minimum atomic E-state index is -4.63. The lowest BCUT2D eigenvalue weighted by atomic mass is 10.1. The van der Waals surface area contributed by atoms with Crippen molar-refractivity contribution in [3.8, 4) is 11.4 Å². The van der Waals surface area contributed by atoms with Crippen molar-refractivity contribution in [3.05, 3.63) is 47.8 Å². The number of hydrogen-bond donors (Lipinski definition) is 2. The molecule has 0 aliphatic heterocycles. The Balaban J connectivity index is 2.19. The topological polar surface area (TPSA) is 77.8 Å². The van der Waals surface area contributed by atoms with Gasteiger partial charge < -0.3 is 11.5 Å². The van der Waals surface area contributed by atoms with Gasteiger partial charge in [0.05, 0.1) is 22.3 Å². The standard InChI is InChI=1S/C15H10F4N4/c16-10-6-7(15(17,18)19)4-5-8(10)14-22-12-9(13(21)23-14)2-1-3-11(12)20/h1-6H,20H2,(H2,21,22,23). The number of nitrogen functional groups attached to an aromatic ring is 2. The Morgan fingerprint density at radius 1 is 0.957 bits per heavy atom. The van der Waals surface area contributed by atoms with Gasteiger partial charge in [-0.05, 0) is 30.3 Å². The van der Waals surface area contributed by atoms with Crippen molar-refractivity contribution in [1.82, 2.24) is 9.97 Å². The third-order valence-electron chi connectivity index (χ3n) is 3.32. The van der Waals surface area contributed by atoms with Crippen molar-refractivity contribution >= 4 is 22.4 Å². The lowest BCUT2D eigenvalue weighted by Crippen LogP contribution is -2.06. The maximum atomic E-state index is 14.0. The molecular formula is C15H10F4N4. The maximum Gasteiger partial charge on any atom is 0.416 e. The van der Waals surface area contributed by atoms with E-state index in [1.165, 1.54) is 0 Å².